The van der Waals surface area contributed by atoms with E-state index < -0.39 is 0 Å². The molecule has 2 aliphatic heterocycles. The van der Waals surface area contributed by atoms with Crippen molar-refractivity contribution in [2.75, 3.05) is 19.6 Å². The predicted molar refractivity (Wildman–Crippen MR) is 87.0 cm³/mol. The fourth-order valence-electron chi connectivity index (χ4n) is 3.74. The number of aromatic nitrogens is 2. The van der Waals surface area contributed by atoms with Crippen molar-refractivity contribution in [1.82, 2.24) is 19.6 Å². The number of hydrogen-bond acceptors (Lipinski definition) is 3. The van der Waals surface area contributed by atoms with Gasteiger partial charge in [-0.05, 0) is 39.7 Å². The highest BCUT2D eigenvalue weighted by atomic mass is 16.2. The van der Waals surface area contributed by atoms with Crippen LogP contribution in [0.5, 0.6) is 0 Å². The average Bonchev–Trinajstić information content (AvgIpc) is 2.80. The lowest BCUT2D eigenvalue weighted by Crippen LogP contribution is -2.63. The van der Waals surface area contributed by atoms with E-state index >= 15 is 0 Å². The maximum Gasteiger partial charge on any atom is 0.257 e. The van der Waals surface area contributed by atoms with E-state index in [9.17, 15) is 4.79 Å². The minimum atomic E-state index is 0.153. The van der Waals surface area contributed by atoms with E-state index in [4.69, 9.17) is 0 Å². The molecule has 1 atom stereocenters. The summed E-state index contributed by atoms with van der Waals surface area (Å²) in [6.45, 7) is 10.2. The summed E-state index contributed by atoms with van der Waals surface area (Å²) >= 11 is 0. The first kappa shape index (κ1) is 15.5. The van der Waals surface area contributed by atoms with Crippen LogP contribution in [0.15, 0.2) is 6.20 Å². The minimum Gasteiger partial charge on any atom is -0.335 e. The van der Waals surface area contributed by atoms with E-state index in [0.29, 0.717) is 12.1 Å². The molecule has 3 heterocycles. The average molecular weight is 304 g/mol. The summed E-state index contributed by atoms with van der Waals surface area (Å²) in [5.41, 5.74) is 1.63. The Morgan fingerprint density at radius 1 is 1.36 bits per heavy atom. The van der Waals surface area contributed by atoms with Crippen LogP contribution in [0.1, 0.15) is 55.6 Å². The highest BCUT2D eigenvalue weighted by molar-refractivity contribution is 5.95. The van der Waals surface area contributed by atoms with Crippen molar-refractivity contribution in [1.29, 1.82) is 0 Å². The van der Waals surface area contributed by atoms with Gasteiger partial charge in [0.25, 0.3) is 5.91 Å². The molecule has 1 amide bonds. The second-order valence-corrected chi connectivity index (χ2v) is 6.84. The maximum atomic E-state index is 12.6. The molecule has 0 aromatic carbocycles. The Balaban J connectivity index is 1.59. The molecule has 0 unspecified atom stereocenters. The molecular weight excluding hydrogens is 276 g/mol. The van der Waals surface area contributed by atoms with Crippen molar-refractivity contribution < 1.29 is 4.79 Å². The molecule has 2 saturated heterocycles. The Labute approximate surface area is 133 Å². The van der Waals surface area contributed by atoms with E-state index in [1.54, 1.807) is 0 Å². The van der Waals surface area contributed by atoms with Crippen molar-refractivity contribution in [2.24, 2.45) is 0 Å². The summed E-state index contributed by atoms with van der Waals surface area (Å²) in [5, 5.41) is 4.44. The van der Waals surface area contributed by atoms with Crippen LogP contribution in [0.3, 0.4) is 0 Å². The van der Waals surface area contributed by atoms with Gasteiger partial charge in [0.1, 0.15) is 0 Å². The van der Waals surface area contributed by atoms with Gasteiger partial charge in [0.05, 0.1) is 11.3 Å². The van der Waals surface area contributed by atoms with Crippen LogP contribution in [0.2, 0.25) is 0 Å². The second kappa shape index (κ2) is 6.41. The van der Waals surface area contributed by atoms with E-state index in [0.717, 1.165) is 37.3 Å². The summed E-state index contributed by atoms with van der Waals surface area (Å²) in [6, 6.07) is 1.23. The van der Waals surface area contributed by atoms with Gasteiger partial charge in [-0.25, -0.2) is 0 Å². The van der Waals surface area contributed by atoms with Gasteiger partial charge in [0.15, 0.2) is 0 Å². The Morgan fingerprint density at radius 2 is 2.14 bits per heavy atom. The van der Waals surface area contributed by atoms with Gasteiger partial charge >= 0.3 is 0 Å². The van der Waals surface area contributed by atoms with Crippen molar-refractivity contribution in [2.45, 2.75) is 65.1 Å². The molecule has 0 spiro atoms. The van der Waals surface area contributed by atoms with Gasteiger partial charge in [-0.2, -0.15) is 5.10 Å². The summed E-state index contributed by atoms with van der Waals surface area (Å²) in [7, 11) is 0. The van der Waals surface area contributed by atoms with Crippen LogP contribution in [-0.2, 0) is 6.54 Å². The van der Waals surface area contributed by atoms with Gasteiger partial charge in [-0.3, -0.25) is 14.4 Å². The second-order valence-electron chi connectivity index (χ2n) is 6.84. The van der Waals surface area contributed by atoms with Crippen LogP contribution in [0.25, 0.3) is 0 Å². The topological polar surface area (TPSA) is 41.4 Å². The van der Waals surface area contributed by atoms with Crippen LogP contribution < -0.4 is 0 Å². The number of hydrogen-bond donors (Lipinski definition) is 0. The first-order valence-electron chi connectivity index (χ1n) is 8.69. The molecule has 0 bridgehead atoms. The molecule has 0 saturated carbocycles. The molecular formula is C17H28N4O. The predicted octanol–water partition coefficient (Wildman–Crippen LogP) is 2.30. The lowest BCUT2D eigenvalue weighted by Gasteiger charge is -2.49. The van der Waals surface area contributed by atoms with Crippen molar-refractivity contribution in [3.05, 3.63) is 17.5 Å². The number of carbonyl (C=O) groups is 1. The van der Waals surface area contributed by atoms with Crippen molar-refractivity contribution >= 4 is 5.91 Å². The highest BCUT2D eigenvalue weighted by Gasteiger charge is 2.38. The fourth-order valence-corrected chi connectivity index (χ4v) is 3.74. The quantitative estimate of drug-likeness (QED) is 0.857. The van der Waals surface area contributed by atoms with E-state index in [-0.39, 0.29) is 5.91 Å². The number of likely N-dealkylation sites (tertiary alicyclic amines) is 2. The summed E-state index contributed by atoms with van der Waals surface area (Å²) < 4.78 is 1.90. The molecule has 1 aromatic heterocycles. The molecule has 1 aromatic rings. The maximum absolute atomic E-state index is 12.6. The Kier molecular flexibility index (Phi) is 4.52. The molecule has 5 nitrogen and oxygen atoms in total. The van der Waals surface area contributed by atoms with Gasteiger partial charge < -0.3 is 4.90 Å². The number of carbonyl (C=O) groups excluding carboxylic acids is 1. The molecule has 2 aliphatic rings. The van der Waals surface area contributed by atoms with E-state index in [1.807, 2.05) is 22.7 Å². The standard InChI is InChI=1S/C17H28N4O/c1-4-8-20-12-16(14(3)18-20)17(22)19-10-15(11-19)21-9-6-5-7-13(21)2/h12-13,15H,4-11H2,1-3H3/t13-/m1/s1. The lowest BCUT2D eigenvalue weighted by atomic mass is 9.97. The Bertz CT molecular complexity index is 533. The first-order valence-corrected chi connectivity index (χ1v) is 8.69. The molecule has 2 fully saturated rings. The van der Waals surface area contributed by atoms with Crippen molar-refractivity contribution in [3.8, 4) is 0 Å². The first-order chi connectivity index (χ1) is 10.6. The minimum absolute atomic E-state index is 0.153. The smallest absolute Gasteiger partial charge is 0.257 e. The number of piperidine rings is 1. The third-order valence-corrected chi connectivity index (χ3v) is 5.10. The van der Waals surface area contributed by atoms with Crippen LogP contribution >= 0.6 is 0 Å². The van der Waals surface area contributed by atoms with E-state index in [2.05, 4.69) is 23.8 Å². The number of rotatable bonds is 4. The van der Waals surface area contributed by atoms with Gasteiger partial charge in [-0.1, -0.05) is 13.3 Å². The molecule has 3 rings (SSSR count). The molecule has 0 N–H and O–H groups in total. The molecule has 5 heteroatoms. The molecule has 0 radical (unpaired) electrons. The van der Waals surface area contributed by atoms with E-state index in [1.165, 1.54) is 25.8 Å². The van der Waals surface area contributed by atoms with Gasteiger partial charge in [0, 0.05) is 37.9 Å². The van der Waals surface area contributed by atoms with Gasteiger partial charge in [-0.15, -0.1) is 0 Å². The Hall–Kier alpha value is -1.36. The van der Waals surface area contributed by atoms with Crippen LogP contribution in [-0.4, -0.2) is 57.2 Å². The summed E-state index contributed by atoms with van der Waals surface area (Å²) in [6.07, 6.45) is 6.90. The largest absolute Gasteiger partial charge is 0.335 e. The number of amides is 1. The lowest BCUT2D eigenvalue weighted by molar-refractivity contribution is 0.00208. The molecule has 22 heavy (non-hydrogen) atoms. The zero-order valence-corrected chi connectivity index (χ0v) is 14.1. The number of nitrogens with zero attached hydrogens (tertiary/aromatic N) is 4. The summed E-state index contributed by atoms with van der Waals surface area (Å²) in [4.78, 5) is 17.2. The van der Waals surface area contributed by atoms with Crippen molar-refractivity contribution in [3.63, 3.8) is 0 Å². The highest BCUT2D eigenvalue weighted by Crippen LogP contribution is 2.25. The third-order valence-electron chi connectivity index (χ3n) is 5.10. The number of aryl methyl sites for hydroxylation is 2. The van der Waals surface area contributed by atoms with Crippen LogP contribution in [0, 0.1) is 6.92 Å². The molecule has 122 valence electrons. The molecule has 0 aliphatic carbocycles. The SMILES string of the molecule is CCCn1cc(C(=O)N2CC(N3CCCC[C@H]3C)C2)c(C)n1. The zero-order valence-electron chi connectivity index (χ0n) is 14.1. The van der Waals surface area contributed by atoms with Crippen LogP contribution in [0.4, 0.5) is 0 Å². The Morgan fingerprint density at radius 3 is 2.82 bits per heavy atom. The fraction of sp³-hybridized carbons (Fsp3) is 0.765. The third kappa shape index (κ3) is 2.91. The normalized spacial score (nSPS) is 23.6. The monoisotopic (exact) mass is 304 g/mol. The van der Waals surface area contributed by atoms with Gasteiger partial charge in [0.2, 0.25) is 0 Å². The zero-order chi connectivity index (χ0) is 15.7. The summed E-state index contributed by atoms with van der Waals surface area (Å²) in [5.74, 6) is 0.153.